The first-order valence-electron chi connectivity index (χ1n) is 12.8. The second-order valence-corrected chi connectivity index (χ2v) is 10.8. The second kappa shape index (κ2) is 7.86. The number of hydrogen-bond donors (Lipinski definition) is 0. The molecule has 2 aromatic carbocycles. The number of para-hydroxylation sites is 2. The van der Waals surface area contributed by atoms with Gasteiger partial charge in [0.15, 0.2) is 0 Å². The molecule has 37 heavy (non-hydrogen) atoms. The van der Waals surface area contributed by atoms with Gasteiger partial charge in [-0.25, -0.2) is 0 Å². The van der Waals surface area contributed by atoms with Crippen LogP contribution in [-0.4, -0.2) is 54.8 Å². The van der Waals surface area contributed by atoms with Gasteiger partial charge in [0.05, 0.1) is 48.3 Å². The smallest absolute Gasteiger partial charge is 0.238 e. The number of amides is 4. The summed E-state index contributed by atoms with van der Waals surface area (Å²) in [5.41, 5.74) is 0.970. The number of morpholine rings is 1. The van der Waals surface area contributed by atoms with Crippen LogP contribution in [0.4, 0.5) is 11.4 Å². The molecular weight excluding hydrogens is 470 g/mol. The van der Waals surface area contributed by atoms with Crippen molar-refractivity contribution < 1.29 is 23.9 Å². The topological polar surface area (TPSA) is 87.2 Å². The summed E-state index contributed by atoms with van der Waals surface area (Å²) in [6, 6.07) is 17.9. The molecular formula is C29H27N3O5. The third-order valence-corrected chi connectivity index (χ3v) is 9.02. The third-order valence-electron chi connectivity index (χ3n) is 9.02. The van der Waals surface area contributed by atoms with Crippen molar-refractivity contribution in [3.8, 4) is 0 Å². The van der Waals surface area contributed by atoms with E-state index < -0.39 is 35.0 Å². The van der Waals surface area contributed by atoms with Gasteiger partial charge in [-0.1, -0.05) is 49.4 Å². The minimum Gasteiger partial charge on any atom is -0.378 e. The number of carbonyl (C=O) groups excluding carboxylic acids is 4. The first-order valence-corrected chi connectivity index (χ1v) is 12.8. The van der Waals surface area contributed by atoms with Crippen LogP contribution in [0.3, 0.4) is 0 Å². The predicted molar refractivity (Wildman–Crippen MR) is 134 cm³/mol. The largest absolute Gasteiger partial charge is 0.378 e. The maximum Gasteiger partial charge on any atom is 0.238 e. The van der Waals surface area contributed by atoms with Crippen molar-refractivity contribution in [3.63, 3.8) is 0 Å². The van der Waals surface area contributed by atoms with E-state index in [-0.39, 0.29) is 23.6 Å². The molecule has 4 fully saturated rings. The Balaban J connectivity index is 1.39. The predicted octanol–water partition coefficient (Wildman–Crippen LogP) is 2.46. The van der Waals surface area contributed by atoms with Crippen LogP contribution in [0.15, 0.2) is 72.4 Å². The van der Waals surface area contributed by atoms with Gasteiger partial charge < -0.3 is 9.64 Å². The van der Waals surface area contributed by atoms with Crippen LogP contribution in [0.5, 0.6) is 0 Å². The summed E-state index contributed by atoms with van der Waals surface area (Å²) in [5.74, 6) is -4.51. The molecule has 188 valence electrons. The van der Waals surface area contributed by atoms with Gasteiger partial charge >= 0.3 is 0 Å². The number of allylic oxidation sites excluding steroid dienone is 2. The maximum absolute atomic E-state index is 14.1. The highest BCUT2D eigenvalue weighted by Crippen LogP contribution is 2.66. The molecule has 3 aliphatic carbocycles. The summed E-state index contributed by atoms with van der Waals surface area (Å²) in [4.78, 5) is 60.9. The Morgan fingerprint density at radius 2 is 1.14 bits per heavy atom. The van der Waals surface area contributed by atoms with Crippen molar-refractivity contribution in [1.29, 1.82) is 0 Å². The van der Waals surface area contributed by atoms with Crippen LogP contribution in [0.25, 0.3) is 0 Å². The lowest BCUT2D eigenvalue weighted by molar-refractivity contribution is -0.148. The molecule has 3 saturated heterocycles. The Hall–Kier alpha value is -3.78. The highest BCUT2D eigenvalue weighted by molar-refractivity contribution is 6.26. The molecule has 0 N–H and O–H groups in total. The average Bonchev–Trinajstić information content (AvgIpc) is 3.36. The van der Waals surface area contributed by atoms with Crippen molar-refractivity contribution in [1.82, 2.24) is 4.90 Å². The first kappa shape index (κ1) is 22.4. The van der Waals surface area contributed by atoms with Crippen molar-refractivity contribution in [3.05, 3.63) is 72.4 Å². The number of benzene rings is 2. The summed E-state index contributed by atoms with van der Waals surface area (Å²) in [6.45, 7) is 4.28. The number of carbonyl (C=O) groups is 4. The van der Waals surface area contributed by atoms with E-state index in [1.807, 2.05) is 25.1 Å². The molecule has 2 unspecified atom stereocenters. The van der Waals surface area contributed by atoms with Gasteiger partial charge in [0.1, 0.15) is 0 Å². The number of imide groups is 2. The van der Waals surface area contributed by atoms with Gasteiger partial charge in [0, 0.05) is 30.1 Å². The molecule has 3 aliphatic heterocycles. The van der Waals surface area contributed by atoms with Gasteiger partial charge in [0.25, 0.3) is 0 Å². The fourth-order valence-corrected chi connectivity index (χ4v) is 7.58. The Morgan fingerprint density at radius 3 is 1.59 bits per heavy atom. The van der Waals surface area contributed by atoms with Crippen LogP contribution >= 0.6 is 0 Å². The first-order chi connectivity index (χ1) is 17.9. The molecule has 2 bridgehead atoms. The zero-order chi connectivity index (χ0) is 25.5. The van der Waals surface area contributed by atoms with E-state index in [0.29, 0.717) is 37.7 Å². The van der Waals surface area contributed by atoms with E-state index in [0.717, 1.165) is 5.70 Å². The van der Waals surface area contributed by atoms with E-state index >= 15 is 0 Å². The fourth-order valence-electron chi connectivity index (χ4n) is 7.58. The molecule has 8 nitrogen and oxygen atoms in total. The average molecular weight is 498 g/mol. The lowest BCUT2D eigenvalue weighted by Crippen LogP contribution is -2.60. The van der Waals surface area contributed by atoms with Gasteiger partial charge in [-0.3, -0.25) is 29.0 Å². The normalized spacial score (nSPS) is 34.7. The SMILES string of the molecule is CC12C=C(N3CCOCC3)C([C@H]3C(=O)N(c4ccccc4)C(=O)[C@H]31)[C@@H]1C(=O)N(c3ccccc3)C(=O)[C@@H]12. The van der Waals surface area contributed by atoms with Gasteiger partial charge in [0.2, 0.25) is 23.6 Å². The number of hydrogen-bond acceptors (Lipinski definition) is 6. The molecule has 0 spiro atoms. The lowest BCUT2D eigenvalue weighted by Gasteiger charge is -2.55. The summed E-state index contributed by atoms with van der Waals surface area (Å²) >= 11 is 0. The van der Waals surface area contributed by atoms with E-state index in [4.69, 9.17) is 4.74 Å². The number of ether oxygens (including phenoxy) is 1. The Morgan fingerprint density at radius 1 is 0.676 bits per heavy atom. The highest BCUT2D eigenvalue weighted by Gasteiger charge is 2.75. The van der Waals surface area contributed by atoms with Crippen molar-refractivity contribution in [2.75, 3.05) is 36.1 Å². The minimum absolute atomic E-state index is 0.284. The zero-order valence-electron chi connectivity index (χ0n) is 20.4. The lowest BCUT2D eigenvalue weighted by atomic mass is 9.46. The van der Waals surface area contributed by atoms with Gasteiger partial charge in [-0.2, -0.15) is 0 Å². The molecule has 6 atom stereocenters. The number of nitrogens with zero attached hydrogens (tertiary/aromatic N) is 3. The number of rotatable bonds is 3. The summed E-state index contributed by atoms with van der Waals surface area (Å²) in [5, 5.41) is 0. The quantitative estimate of drug-likeness (QED) is 0.606. The number of anilines is 2. The van der Waals surface area contributed by atoms with Crippen LogP contribution in [0.2, 0.25) is 0 Å². The second-order valence-electron chi connectivity index (χ2n) is 10.8. The highest BCUT2D eigenvalue weighted by atomic mass is 16.5. The molecule has 8 rings (SSSR count). The molecule has 8 heteroatoms. The molecule has 0 aromatic heterocycles. The molecule has 4 amide bonds. The molecule has 3 heterocycles. The monoisotopic (exact) mass is 497 g/mol. The van der Waals surface area contributed by atoms with Crippen LogP contribution in [0.1, 0.15) is 6.92 Å². The fraction of sp³-hybridized carbons (Fsp3) is 0.379. The zero-order valence-corrected chi connectivity index (χ0v) is 20.4. The van der Waals surface area contributed by atoms with Crippen LogP contribution < -0.4 is 9.80 Å². The maximum atomic E-state index is 14.1. The van der Waals surface area contributed by atoms with Gasteiger partial charge in [-0.05, 0) is 24.3 Å². The van der Waals surface area contributed by atoms with E-state index in [9.17, 15) is 19.2 Å². The molecule has 6 aliphatic rings. The Labute approximate surface area is 214 Å². The summed E-state index contributed by atoms with van der Waals surface area (Å²) in [7, 11) is 0. The molecule has 1 saturated carbocycles. The van der Waals surface area contributed by atoms with E-state index in [2.05, 4.69) is 4.90 Å². The van der Waals surface area contributed by atoms with Crippen molar-refractivity contribution in [2.45, 2.75) is 6.92 Å². The van der Waals surface area contributed by atoms with Crippen molar-refractivity contribution in [2.24, 2.45) is 35.0 Å². The summed E-state index contributed by atoms with van der Waals surface area (Å²) in [6.07, 6.45) is 2.05. The third kappa shape index (κ3) is 2.87. The standard InChI is InChI=1S/C29H27N3O5/c1-29-16-19(30-12-14-37-15-13-30)20(21-23(29)27(35)31(25(21)33)17-8-4-2-5-9-17)22-24(29)28(36)32(26(22)34)18-10-6-3-7-11-18/h2-11,16,20-24H,12-15H2,1H3/t20?,21-,22+,23+,24-,29?. The molecule has 2 aromatic rings. The van der Waals surface area contributed by atoms with Gasteiger partial charge in [-0.15, -0.1) is 0 Å². The van der Waals surface area contributed by atoms with Crippen molar-refractivity contribution >= 4 is 35.0 Å². The Bertz CT molecular complexity index is 1270. The Kier molecular flexibility index (Phi) is 4.76. The molecule has 0 radical (unpaired) electrons. The van der Waals surface area contributed by atoms with Crippen LogP contribution in [-0.2, 0) is 23.9 Å². The summed E-state index contributed by atoms with van der Waals surface area (Å²) < 4.78 is 5.57. The van der Waals surface area contributed by atoms with E-state index in [1.54, 1.807) is 48.5 Å². The van der Waals surface area contributed by atoms with E-state index in [1.165, 1.54) is 9.80 Å². The minimum atomic E-state index is -0.982. The van der Waals surface area contributed by atoms with Crippen LogP contribution in [0, 0.1) is 35.0 Å².